The van der Waals surface area contributed by atoms with Crippen molar-refractivity contribution in [1.82, 2.24) is 9.97 Å². The number of amides is 1. The van der Waals surface area contributed by atoms with Crippen molar-refractivity contribution >= 4 is 39.2 Å². The molecule has 0 bridgehead atoms. The van der Waals surface area contributed by atoms with Crippen LogP contribution in [-0.4, -0.2) is 21.1 Å². The Morgan fingerprint density at radius 2 is 1.88 bits per heavy atom. The minimum atomic E-state index is -0.305. The van der Waals surface area contributed by atoms with Crippen LogP contribution in [-0.2, 0) is 4.79 Å². The fourth-order valence-electron chi connectivity index (χ4n) is 2.81. The van der Waals surface area contributed by atoms with Crippen molar-refractivity contribution in [2.24, 2.45) is 5.73 Å². The smallest absolute Gasteiger partial charge is 0.230 e. The minimum Gasteiger partial charge on any atom is -0.369 e. The zero-order valence-electron chi connectivity index (χ0n) is 14.8. The number of aryl methyl sites for hydroxylation is 3. The maximum Gasteiger partial charge on any atom is 0.230 e. The van der Waals surface area contributed by atoms with Gasteiger partial charge in [0.25, 0.3) is 0 Å². The van der Waals surface area contributed by atoms with Gasteiger partial charge >= 0.3 is 0 Å². The number of carbonyl (C=O) groups is 1. The summed E-state index contributed by atoms with van der Waals surface area (Å²) in [5.74, 6) is 0.409. The van der Waals surface area contributed by atoms with E-state index >= 15 is 0 Å². The quantitative estimate of drug-likeness (QED) is 0.524. The molecule has 25 heavy (non-hydrogen) atoms. The van der Waals surface area contributed by atoms with Crippen LogP contribution in [0.1, 0.15) is 29.6 Å². The number of nitrogens with two attached hydrogens (primary N) is 1. The largest absolute Gasteiger partial charge is 0.369 e. The number of primary amides is 1. The third kappa shape index (κ3) is 3.55. The Labute approximate surface area is 155 Å². The Balaban J connectivity index is 2.22. The Morgan fingerprint density at radius 3 is 2.48 bits per heavy atom. The second-order valence-electron chi connectivity index (χ2n) is 6.07. The summed E-state index contributed by atoms with van der Waals surface area (Å²) in [4.78, 5) is 23.1. The van der Waals surface area contributed by atoms with Crippen molar-refractivity contribution < 1.29 is 4.79 Å². The molecule has 1 aromatic carbocycles. The number of hydrogen-bond acceptors (Lipinski definition) is 5. The summed E-state index contributed by atoms with van der Waals surface area (Å²) in [5, 5.41) is 1.58. The van der Waals surface area contributed by atoms with Crippen molar-refractivity contribution in [2.45, 2.75) is 44.4 Å². The first-order valence-electron chi connectivity index (χ1n) is 8.21. The predicted octanol–water partition coefficient (Wildman–Crippen LogP) is 4.64. The van der Waals surface area contributed by atoms with Crippen molar-refractivity contribution in [3.8, 4) is 11.1 Å². The molecule has 6 heteroatoms. The number of fused-ring (bicyclic) bond motifs is 1. The van der Waals surface area contributed by atoms with E-state index in [9.17, 15) is 4.79 Å². The molecule has 1 amide bonds. The van der Waals surface area contributed by atoms with Crippen LogP contribution in [0.5, 0.6) is 0 Å². The van der Waals surface area contributed by atoms with Gasteiger partial charge in [-0.2, -0.15) is 0 Å². The molecule has 0 saturated carbocycles. The van der Waals surface area contributed by atoms with Gasteiger partial charge in [0.05, 0.1) is 10.6 Å². The normalized spacial score (nSPS) is 12.5. The number of benzene rings is 1. The molecule has 4 nitrogen and oxygen atoms in total. The Morgan fingerprint density at radius 1 is 1.20 bits per heavy atom. The first kappa shape index (κ1) is 17.9. The summed E-state index contributed by atoms with van der Waals surface area (Å²) >= 11 is 3.12. The van der Waals surface area contributed by atoms with Gasteiger partial charge in [-0.1, -0.05) is 48.5 Å². The average molecular weight is 372 g/mol. The van der Waals surface area contributed by atoms with Gasteiger partial charge in [0.15, 0.2) is 0 Å². The molecule has 0 spiro atoms. The van der Waals surface area contributed by atoms with Gasteiger partial charge in [-0.15, -0.1) is 11.3 Å². The second-order valence-corrected chi connectivity index (χ2v) is 8.47. The van der Waals surface area contributed by atoms with Crippen LogP contribution in [0.4, 0.5) is 0 Å². The molecular formula is C19H21N3OS2. The van der Waals surface area contributed by atoms with E-state index in [4.69, 9.17) is 5.73 Å². The standard InChI is InChI=1S/C19H21N3OS2/c1-5-14(17(20)23)25-19-16-15(13-8-6-10(2)7-9-13)11(3)24-18(16)21-12(4)22-19/h6-9,14H,5H2,1-4H3,(H2,20,23). The van der Waals surface area contributed by atoms with E-state index in [2.05, 4.69) is 48.1 Å². The van der Waals surface area contributed by atoms with Crippen molar-refractivity contribution in [2.75, 3.05) is 0 Å². The van der Waals surface area contributed by atoms with Crippen LogP contribution in [0, 0.1) is 20.8 Å². The Kier molecular flexibility index (Phi) is 5.11. The number of thioether (sulfide) groups is 1. The molecule has 2 heterocycles. The van der Waals surface area contributed by atoms with E-state index < -0.39 is 0 Å². The lowest BCUT2D eigenvalue weighted by atomic mass is 10.0. The molecule has 1 atom stereocenters. The SMILES string of the molecule is CCC(Sc1nc(C)nc2sc(C)c(-c3ccc(C)cc3)c12)C(N)=O. The van der Waals surface area contributed by atoms with Crippen molar-refractivity contribution in [1.29, 1.82) is 0 Å². The Bertz CT molecular complexity index is 932. The summed E-state index contributed by atoms with van der Waals surface area (Å²) in [6.07, 6.45) is 0.674. The summed E-state index contributed by atoms with van der Waals surface area (Å²) in [7, 11) is 0. The van der Waals surface area contributed by atoms with Gasteiger partial charge in [0.2, 0.25) is 5.91 Å². The number of hydrogen-bond donors (Lipinski definition) is 1. The van der Waals surface area contributed by atoms with Crippen LogP contribution in [0.25, 0.3) is 21.3 Å². The molecule has 3 aromatic rings. The lowest BCUT2D eigenvalue weighted by Gasteiger charge is -2.12. The first-order valence-corrected chi connectivity index (χ1v) is 9.91. The molecule has 0 radical (unpaired) electrons. The molecule has 1 unspecified atom stereocenters. The summed E-state index contributed by atoms with van der Waals surface area (Å²) in [6, 6.07) is 8.48. The highest BCUT2D eigenvalue weighted by atomic mass is 32.2. The molecule has 0 aliphatic rings. The van der Waals surface area contributed by atoms with Crippen LogP contribution >= 0.6 is 23.1 Å². The summed E-state index contributed by atoms with van der Waals surface area (Å²) in [5.41, 5.74) is 9.08. The predicted molar refractivity (Wildman–Crippen MR) is 106 cm³/mol. The van der Waals surface area contributed by atoms with Gasteiger partial charge in [-0.25, -0.2) is 9.97 Å². The van der Waals surface area contributed by atoms with Gasteiger partial charge in [-0.05, 0) is 32.8 Å². The molecular weight excluding hydrogens is 350 g/mol. The molecule has 0 fully saturated rings. The number of thiophene rings is 1. The highest BCUT2D eigenvalue weighted by Crippen LogP contribution is 2.42. The van der Waals surface area contributed by atoms with Gasteiger partial charge in [-0.3, -0.25) is 4.79 Å². The van der Waals surface area contributed by atoms with Gasteiger partial charge in [0.1, 0.15) is 15.7 Å². The van der Waals surface area contributed by atoms with Crippen LogP contribution in [0.3, 0.4) is 0 Å². The Hall–Kier alpha value is -1.92. The van der Waals surface area contributed by atoms with Gasteiger partial charge in [0, 0.05) is 10.4 Å². The highest BCUT2D eigenvalue weighted by Gasteiger charge is 2.22. The monoisotopic (exact) mass is 371 g/mol. The van der Waals surface area contributed by atoms with Crippen LogP contribution in [0.2, 0.25) is 0 Å². The molecule has 0 saturated heterocycles. The third-order valence-electron chi connectivity index (χ3n) is 4.09. The van der Waals surface area contributed by atoms with E-state index in [0.29, 0.717) is 12.2 Å². The number of carbonyl (C=O) groups excluding carboxylic acids is 1. The molecule has 3 rings (SSSR count). The third-order valence-corrected chi connectivity index (χ3v) is 6.46. The summed E-state index contributed by atoms with van der Waals surface area (Å²) in [6.45, 7) is 8.04. The second kappa shape index (κ2) is 7.14. The first-order chi connectivity index (χ1) is 11.9. The average Bonchev–Trinajstić information content (AvgIpc) is 2.88. The maximum absolute atomic E-state index is 11.7. The number of rotatable bonds is 5. The fraction of sp³-hybridized carbons (Fsp3) is 0.316. The fourth-order valence-corrected chi connectivity index (χ4v) is 5.02. The topological polar surface area (TPSA) is 68.9 Å². The molecule has 0 aliphatic heterocycles. The van der Waals surface area contributed by atoms with Crippen molar-refractivity contribution in [3.63, 3.8) is 0 Å². The van der Waals surface area contributed by atoms with E-state index in [0.717, 1.165) is 26.4 Å². The lowest BCUT2D eigenvalue weighted by Crippen LogP contribution is -2.25. The summed E-state index contributed by atoms with van der Waals surface area (Å²) < 4.78 is 0. The van der Waals surface area contributed by atoms with Crippen molar-refractivity contribution in [3.05, 3.63) is 40.5 Å². The van der Waals surface area contributed by atoms with E-state index in [1.54, 1.807) is 11.3 Å². The minimum absolute atomic E-state index is 0.288. The number of aromatic nitrogens is 2. The van der Waals surface area contributed by atoms with Gasteiger partial charge < -0.3 is 5.73 Å². The van der Waals surface area contributed by atoms with E-state index in [1.165, 1.54) is 22.2 Å². The zero-order chi connectivity index (χ0) is 18.1. The zero-order valence-corrected chi connectivity index (χ0v) is 16.4. The highest BCUT2D eigenvalue weighted by molar-refractivity contribution is 8.00. The molecule has 130 valence electrons. The molecule has 2 N–H and O–H groups in total. The molecule has 2 aromatic heterocycles. The van der Waals surface area contributed by atoms with Crippen LogP contribution < -0.4 is 5.73 Å². The lowest BCUT2D eigenvalue weighted by molar-refractivity contribution is -0.117. The molecule has 0 aliphatic carbocycles. The van der Waals surface area contributed by atoms with Crippen LogP contribution in [0.15, 0.2) is 29.3 Å². The maximum atomic E-state index is 11.7. The number of nitrogens with zero attached hydrogens (tertiary/aromatic N) is 2. The van der Waals surface area contributed by atoms with E-state index in [-0.39, 0.29) is 11.2 Å². The van der Waals surface area contributed by atoms with E-state index in [1.807, 2.05) is 13.8 Å².